The number of carbonyl (C=O) groups is 1. The van der Waals surface area contributed by atoms with Crippen molar-refractivity contribution in [3.05, 3.63) is 83.8 Å². The molecule has 49 heavy (non-hydrogen) atoms. The number of nitrogens with zero attached hydrogens (tertiary/aromatic N) is 8. The van der Waals surface area contributed by atoms with Crippen molar-refractivity contribution in [1.82, 2.24) is 34.7 Å². The second-order valence-electron chi connectivity index (χ2n) is 13.1. The van der Waals surface area contributed by atoms with E-state index in [0.29, 0.717) is 53.7 Å². The zero-order valence-corrected chi connectivity index (χ0v) is 28.0. The lowest BCUT2D eigenvalue weighted by atomic mass is 9.95. The Kier molecular flexibility index (Phi) is 8.33. The molecule has 0 saturated carbocycles. The number of hydrogen-bond acceptors (Lipinski definition) is 9. The lowest BCUT2D eigenvalue weighted by Crippen LogP contribution is -2.43. The van der Waals surface area contributed by atoms with Gasteiger partial charge < -0.3 is 14.5 Å². The fraction of sp³-hybridized carbons (Fsp3) is 0.351. The summed E-state index contributed by atoms with van der Waals surface area (Å²) in [4.78, 5) is 41.9. The average molecular weight is 679 g/mol. The molecule has 2 aromatic carbocycles. The minimum absolute atomic E-state index is 0.0311. The normalized spacial score (nSPS) is 18.9. The summed E-state index contributed by atoms with van der Waals surface area (Å²) in [6.07, 6.45) is 13.1. The van der Waals surface area contributed by atoms with E-state index in [0.717, 1.165) is 49.5 Å². The Balaban J connectivity index is 1.15. The molecular formula is C37H36ClFN8O2. The summed E-state index contributed by atoms with van der Waals surface area (Å²) in [5, 5.41) is 2.60. The highest BCUT2D eigenvalue weighted by molar-refractivity contribution is 6.36. The van der Waals surface area contributed by atoms with Crippen LogP contribution in [-0.4, -0.2) is 92.0 Å². The Labute approximate surface area is 288 Å². The lowest BCUT2D eigenvalue weighted by molar-refractivity contribution is -0.124. The van der Waals surface area contributed by atoms with Crippen LogP contribution in [0.4, 0.5) is 10.2 Å². The van der Waals surface area contributed by atoms with Crippen LogP contribution in [0.3, 0.4) is 0 Å². The van der Waals surface area contributed by atoms with Gasteiger partial charge in [-0.25, -0.2) is 14.4 Å². The maximum atomic E-state index is 16.8. The van der Waals surface area contributed by atoms with Gasteiger partial charge in [0.2, 0.25) is 5.91 Å². The molecule has 6 heterocycles. The van der Waals surface area contributed by atoms with E-state index in [4.69, 9.17) is 21.3 Å². The van der Waals surface area contributed by atoms with E-state index in [2.05, 4.69) is 24.8 Å². The summed E-state index contributed by atoms with van der Waals surface area (Å²) >= 11 is 6.63. The van der Waals surface area contributed by atoms with Gasteiger partial charge in [0.15, 0.2) is 11.6 Å². The van der Waals surface area contributed by atoms with E-state index in [1.54, 1.807) is 41.7 Å². The van der Waals surface area contributed by atoms with E-state index in [1.165, 1.54) is 6.08 Å². The van der Waals surface area contributed by atoms with Gasteiger partial charge in [-0.3, -0.25) is 14.7 Å². The van der Waals surface area contributed by atoms with Crippen molar-refractivity contribution in [3.8, 4) is 17.3 Å². The number of carbonyl (C=O) groups excluding carboxylic acids is 1. The first-order valence-electron chi connectivity index (χ1n) is 16.8. The van der Waals surface area contributed by atoms with Gasteiger partial charge in [-0.15, -0.1) is 0 Å². The van der Waals surface area contributed by atoms with Crippen LogP contribution in [-0.2, 0) is 4.79 Å². The molecule has 0 aliphatic carbocycles. The maximum absolute atomic E-state index is 16.8. The van der Waals surface area contributed by atoms with Crippen LogP contribution in [0.1, 0.15) is 37.9 Å². The summed E-state index contributed by atoms with van der Waals surface area (Å²) in [7, 11) is 1.92. The first-order valence-corrected chi connectivity index (χ1v) is 17.2. The molecule has 1 amide bonds. The van der Waals surface area contributed by atoms with E-state index in [1.807, 2.05) is 42.3 Å². The van der Waals surface area contributed by atoms with Crippen LogP contribution in [0.2, 0.25) is 5.02 Å². The Morgan fingerprint density at radius 2 is 1.84 bits per heavy atom. The molecule has 0 N–H and O–H groups in total. The second kappa shape index (κ2) is 12.9. The highest BCUT2D eigenvalue weighted by atomic mass is 35.5. The quantitative estimate of drug-likeness (QED) is 0.178. The first-order chi connectivity index (χ1) is 23.9. The van der Waals surface area contributed by atoms with Crippen molar-refractivity contribution < 1.29 is 13.9 Å². The number of benzene rings is 2. The fourth-order valence-electron chi connectivity index (χ4n) is 7.77. The van der Waals surface area contributed by atoms with Gasteiger partial charge in [0.25, 0.3) is 0 Å². The number of anilines is 1. The Bertz CT molecular complexity index is 2060. The third kappa shape index (κ3) is 5.84. The molecule has 12 heteroatoms. The van der Waals surface area contributed by atoms with Crippen molar-refractivity contribution in [2.24, 2.45) is 0 Å². The number of halogens is 2. The number of pyridine rings is 1. The summed E-state index contributed by atoms with van der Waals surface area (Å²) in [5.41, 5.74) is 0.845. The predicted molar refractivity (Wildman–Crippen MR) is 188 cm³/mol. The zero-order valence-electron chi connectivity index (χ0n) is 27.2. The largest absolute Gasteiger partial charge is 0.461 e. The molecule has 8 rings (SSSR count). The van der Waals surface area contributed by atoms with Gasteiger partial charge in [-0.2, -0.15) is 9.97 Å². The molecule has 0 unspecified atom stereocenters. The van der Waals surface area contributed by atoms with E-state index >= 15 is 4.39 Å². The molecule has 0 bridgehead atoms. The van der Waals surface area contributed by atoms with Crippen LogP contribution in [0.25, 0.3) is 39.0 Å². The van der Waals surface area contributed by atoms with Gasteiger partial charge in [0, 0.05) is 66.8 Å². The molecule has 250 valence electrons. The maximum Gasteiger partial charge on any atom is 0.319 e. The Morgan fingerprint density at radius 1 is 1.06 bits per heavy atom. The summed E-state index contributed by atoms with van der Waals surface area (Å²) in [5.74, 6) is 0.294. The second-order valence-corrected chi connectivity index (χ2v) is 13.5. The van der Waals surface area contributed by atoms with Crippen LogP contribution < -0.4 is 9.64 Å². The minimum Gasteiger partial charge on any atom is -0.461 e. The molecular weight excluding hydrogens is 643 g/mol. The molecule has 3 aliphatic rings. The minimum atomic E-state index is -0.565. The molecule has 3 aliphatic heterocycles. The van der Waals surface area contributed by atoms with Crippen molar-refractivity contribution >= 4 is 51.1 Å². The molecule has 3 aromatic heterocycles. The Morgan fingerprint density at radius 3 is 2.63 bits per heavy atom. The van der Waals surface area contributed by atoms with Crippen LogP contribution >= 0.6 is 11.6 Å². The van der Waals surface area contributed by atoms with Gasteiger partial charge in [0.1, 0.15) is 23.6 Å². The fourth-order valence-corrected chi connectivity index (χ4v) is 8.06. The average Bonchev–Trinajstić information content (AvgIpc) is 3.87. The molecule has 3 fully saturated rings. The number of ether oxygens (including phenoxy) is 1. The van der Waals surface area contributed by atoms with Gasteiger partial charge in [-0.05, 0) is 68.8 Å². The van der Waals surface area contributed by atoms with Crippen molar-refractivity contribution in [2.75, 3.05) is 44.7 Å². The number of aromatic nitrogens is 5. The summed E-state index contributed by atoms with van der Waals surface area (Å²) in [6.45, 7) is 3.62. The van der Waals surface area contributed by atoms with E-state index in [9.17, 15) is 4.79 Å². The topological polar surface area (TPSA) is 100 Å². The first kappa shape index (κ1) is 31.5. The molecule has 0 spiro atoms. The summed E-state index contributed by atoms with van der Waals surface area (Å²) < 4.78 is 23.2. The number of rotatable bonds is 8. The van der Waals surface area contributed by atoms with Gasteiger partial charge in [0.05, 0.1) is 10.9 Å². The summed E-state index contributed by atoms with van der Waals surface area (Å²) in [6, 6.07) is 13.0. The third-order valence-electron chi connectivity index (χ3n) is 10.4. The number of amides is 1. The monoisotopic (exact) mass is 678 g/mol. The van der Waals surface area contributed by atoms with E-state index in [-0.39, 0.29) is 34.7 Å². The van der Waals surface area contributed by atoms with Crippen LogP contribution in [0.5, 0.6) is 6.01 Å². The van der Waals surface area contributed by atoms with Crippen molar-refractivity contribution in [3.63, 3.8) is 0 Å². The number of likely N-dealkylation sites (N-methyl/N-ethyl adjacent to an activating group) is 1. The molecule has 10 nitrogen and oxygen atoms in total. The smallest absolute Gasteiger partial charge is 0.319 e. The van der Waals surface area contributed by atoms with Crippen molar-refractivity contribution in [2.45, 2.75) is 43.7 Å². The number of fused-ring (bicyclic) bond motifs is 3. The van der Waals surface area contributed by atoms with E-state index < -0.39 is 5.82 Å². The lowest BCUT2D eigenvalue weighted by Gasteiger charge is -2.31. The highest BCUT2D eigenvalue weighted by Crippen LogP contribution is 2.40. The molecule has 0 radical (unpaired) electrons. The van der Waals surface area contributed by atoms with Crippen LogP contribution in [0, 0.1) is 5.82 Å². The highest BCUT2D eigenvalue weighted by Gasteiger charge is 2.45. The van der Waals surface area contributed by atoms with Crippen LogP contribution in [0.15, 0.2) is 67.1 Å². The molecule has 1 atom stereocenters. The number of likely N-dealkylation sites (tertiary alicyclic amines) is 1. The van der Waals surface area contributed by atoms with Crippen molar-refractivity contribution in [1.29, 1.82) is 0 Å². The van der Waals surface area contributed by atoms with Gasteiger partial charge in [-0.1, -0.05) is 41.9 Å². The zero-order chi connectivity index (χ0) is 33.5. The van der Waals surface area contributed by atoms with Gasteiger partial charge >= 0.3 is 6.01 Å². The Hall–Kier alpha value is -4.74. The predicted octanol–water partition coefficient (Wildman–Crippen LogP) is 6.19. The molecule has 5 aromatic rings. The third-order valence-corrected chi connectivity index (χ3v) is 10.7. The molecule has 3 saturated heterocycles. The standard InChI is InChI=1S/C37H36ClFN8O2/c1-45(25-13-20-46(22-25)30(48)12-11-29-40-16-6-17-41-29)35-27-21-42-33(26-9-2-7-24-8-3-10-28(38)31(24)26)32(39)34(27)43-36(44-35)49-23-37-14-4-18-47(37)19-5-15-37/h2-3,6-12,16-17,21,25H,4-5,13-15,18-20,22-23H2,1H3/b12-11+/t25-/m1/s1. The number of hydrogen-bond donors (Lipinski definition) is 0. The SMILES string of the molecule is CN(c1nc(OCC23CCCN2CCC3)nc2c(F)c(-c3cccc4cccc(Cl)c34)ncc12)[C@@H]1CCN(C(=O)/C=C/c2ncccn2)C1.